The van der Waals surface area contributed by atoms with E-state index in [1.165, 1.54) is 18.4 Å². The van der Waals surface area contributed by atoms with Gasteiger partial charge in [0.25, 0.3) is 0 Å². The van der Waals surface area contributed by atoms with Gasteiger partial charge in [-0.15, -0.1) is 0 Å². The molecule has 0 atom stereocenters. The molecule has 0 unspecified atom stereocenters. The summed E-state index contributed by atoms with van der Waals surface area (Å²) in [6.07, 6.45) is 7.12. The quantitative estimate of drug-likeness (QED) is 0.769. The Bertz CT molecular complexity index is 256. The van der Waals surface area contributed by atoms with Crippen LogP contribution in [0.15, 0.2) is 18.5 Å². The molecule has 0 bridgehead atoms. The summed E-state index contributed by atoms with van der Waals surface area (Å²) < 4.78 is 0. The zero-order valence-corrected chi connectivity index (χ0v) is 8.46. The Kier molecular flexibility index (Phi) is 3.74. The standard InChI is InChI=1S/C11H18N2/c1-9(2)4-3-5-10-8-13-7-6-11(10)12/h6-9H,3-5H2,1-2H3,(H2,12,13). The summed E-state index contributed by atoms with van der Waals surface area (Å²) in [5, 5.41) is 0. The molecule has 0 amide bonds. The normalized spacial score (nSPS) is 10.7. The van der Waals surface area contributed by atoms with Gasteiger partial charge < -0.3 is 5.73 Å². The minimum atomic E-state index is 0.776. The van der Waals surface area contributed by atoms with Crippen LogP contribution in [-0.4, -0.2) is 4.98 Å². The number of hydrogen-bond acceptors (Lipinski definition) is 2. The van der Waals surface area contributed by atoms with Crippen LogP contribution in [0.5, 0.6) is 0 Å². The number of rotatable bonds is 4. The Morgan fingerprint density at radius 3 is 2.85 bits per heavy atom. The molecule has 1 aromatic rings. The van der Waals surface area contributed by atoms with Crippen LogP contribution in [0.3, 0.4) is 0 Å². The predicted molar refractivity (Wildman–Crippen MR) is 56.4 cm³/mol. The molecule has 0 saturated carbocycles. The van der Waals surface area contributed by atoms with Gasteiger partial charge in [0, 0.05) is 18.1 Å². The molecule has 1 rings (SSSR count). The lowest BCUT2D eigenvalue weighted by atomic mass is 10.0. The van der Waals surface area contributed by atoms with Gasteiger partial charge in [0.2, 0.25) is 0 Å². The Morgan fingerprint density at radius 1 is 1.46 bits per heavy atom. The van der Waals surface area contributed by atoms with Gasteiger partial charge in [-0.1, -0.05) is 20.3 Å². The summed E-state index contributed by atoms with van der Waals surface area (Å²) in [5.74, 6) is 0.776. The molecular weight excluding hydrogens is 160 g/mol. The minimum absolute atomic E-state index is 0.776. The van der Waals surface area contributed by atoms with Crippen molar-refractivity contribution in [1.82, 2.24) is 4.98 Å². The van der Waals surface area contributed by atoms with E-state index in [-0.39, 0.29) is 0 Å². The fraction of sp³-hybridized carbons (Fsp3) is 0.545. The Hall–Kier alpha value is -1.05. The molecule has 0 radical (unpaired) electrons. The molecule has 2 heteroatoms. The van der Waals surface area contributed by atoms with Crippen LogP contribution in [0.1, 0.15) is 32.3 Å². The Balaban J connectivity index is 2.41. The SMILES string of the molecule is CC(C)CCCc1cnccc1N. The summed E-state index contributed by atoms with van der Waals surface area (Å²) in [6, 6.07) is 1.87. The molecule has 0 spiro atoms. The lowest BCUT2D eigenvalue weighted by molar-refractivity contribution is 0.556. The van der Waals surface area contributed by atoms with Crippen LogP contribution in [0.4, 0.5) is 5.69 Å². The third kappa shape index (κ3) is 3.45. The molecule has 0 aromatic carbocycles. The van der Waals surface area contributed by atoms with E-state index in [0.717, 1.165) is 18.0 Å². The summed E-state index contributed by atoms with van der Waals surface area (Å²) in [5.41, 5.74) is 7.85. The zero-order chi connectivity index (χ0) is 9.68. The van der Waals surface area contributed by atoms with Crippen LogP contribution in [0, 0.1) is 5.92 Å². The smallest absolute Gasteiger partial charge is 0.0377 e. The molecule has 2 N–H and O–H groups in total. The molecular formula is C11H18N2. The number of aromatic nitrogens is 1. The maximum atomic E-state index is 5.80. The average Bonchev–Trinajstić information content (AvgIpc) is 2.08. The number of nitrogen functional groups attached to an aromatic ring is 1. The summed E-state index contributed by atoms with van der Waals surface area (Å²) in [4.78, 5) is 4.06. The van der Waals surface area contributed by atoms with Crippen LogP contribution >= 0.6 is 0 Å². The van der Waals surface area contributed by atoms with E-state index in [1.807, 2.05) is 12.3 Å². The molecule has 1 aromatic heterocycles. The number of hydrogen-bond donors (Lipinski definition) is 1. The van der Waals surface area contributed by atoms with Crippen LogP contribution in [0.25, 0.3) is 0 Å². The van der Waals surface area contributed by atoms with Crippen molar-refractivity contribution in [3.63, 3.8) is 0 Å². The van der Waals surface area contributed by atoms with Crippen molar-refractivity contribution in [2.24, 2.45) is 5.92 Å². The highest BCUT2D eigenvalue weighted by Gasteiger charge is 1.99. The van der Waals surface area contributed by atoms with Crippen molar-refractivity contribution in [1.29, 1.82) is 0 Å². The molecule has 0 aliphatic rings. The number of anilines is 1. The molecule has 13 heavy (non-hydrogen) atoms. The van der Waals surface area contributed by atoms with Crippen LogP contribution in [-0.2, 0) is 6.42 Å². The van der Waals surface area contributed by atoms with Crippen molar-refractivity contribution < 1.29 is 0 Å². The summed E-state index contributed by atoms with van der Waals surface area (Å²) in [7, 11) is 0. The van der Waals surface area contributed by atoms with Crippen molar-refractivity contribution in [3.8, 4) is 0 Å². The second-order valence-corrected chi connectivity index (χ2v) is 3.86. The van der Waals surface area contributed by atoms with Crippen LogP contribution in [0.2, 0.25) is 0 Å². The van der Waals surface area contributed by atoms with Gasteiger partial charge in [0.1, 0.15) is 0 Å². The first-order valence-corrected chi connectivity index (χ1v) is 4.88. The van der Waals surface area contributed by atoms with Crippen LogP contribution < -0.4 is 5.73 Å². The van der Waals surface area contributed by atoms with Gasteiger partial charge in [0.15, 0.2) is 0 Å². The van der Waals surface area contributed by atoms with E-state index in [4.69, 9.17) is 5.73 Å². The zero-order valence-electron chi connectivity index (χ0n) is 8.46. The number of pyridine rings is 1. The largest absolute Gasteiger partial charge is 0.398 e. The number of aryl methyl sites for hydroxylation is 1. The third-order valence-electron chi connectivity index (χ3n) is 2.17. The van der Waals surface area contributed by atoms with E-state index >= 15 is 0 Å². The maximum absolute atomic E-state index is 5.80. The van der Waals surface area contributed by atoms with Gasteiger partial charge in [0.05, 0.1) is 0 Å². The highest BCUT2D eigenvalue weighted by atomic mass is 14.7. The molecule has 0 fully saturated rings. The first-order valence-electron chi connectivity index (χ1n) is 4.88. The molecule has 2 nitrogen and oxygen atoms in total. The van der Waals surface area contributed by atoms with Crippen molar-refractivity contribution in [2.75, 3.05) is 5.73 Å². The third-order valence-corrected chi connectivity index (χ3v) is 2.17. The maximum Gasteiger partial charge on any atom is 0.0377 e. The topological polar surface area (TPSA) is 38.9 Å². The molecule has 0 aliphatic heterocycles. The average molecular weight is 178 g/mol. The Morgan fingerprint density at radius 2 is 2.23 bits per heavy atom. The van der Waals surface area contributed by atoms with Gasteiger partial charge >= 0.3 is 0 Å². The fourth-order valence-electron chi connectivity index (χ4n) is 1.35. The van der Waals surface area contributed by atoms with Gasteiger partial charge in [-0.25, -0.2) is 0 Å². The predicted octanol–water partition coefficient (Wildman–Crippen LogP) is 2.64. The molecule has 1 heterocycles. The lowest BCUT2D eigenvalue weighted by Crippen LogP contribution is -1.96. The molecule has 0 saturated heterocycles. The first-order chi connectivity index (χ1) is 6.20. The van der Waals surface area contributed by atoms with E-state index < -0.39 is 0 Å². The first kappa shape index (κ1) is 10.0. The summed E-state index contributed by atoms with van der Waals surface area (Å²) >= 11 is 0. The number of nitrogens with zero attached hydrogens (tertiary/aromatic N) is 1. The van der Waals surface area contributed by atoms with Crippen molar-refractivity contribution in [2.45, 2.75) is 33.1 Å². The van der Waals surface area contributed by atoms with E-state index in [9.17, 15) is 0 Å². The highest BCUT2D eigenvalue weighted by Crippen LogP contribution is 2.14. The van der Waals surface area contributed by atoms with Crippen molar-refractivity contribution in [3.05, 3.63) is 24.0 Å². The minimum Gasteiger partial charge on any atom is -0.398 e. The van der Waals surface area contributed by atoms with Gasteiger partial charge in [-0.05, 0) is 30.4 Å². The molecule has 72 valence electrons. The lowest BCUT2D eigenvalue weighted by Gasteiger charge is -2.06. The fourth-order valence-corrected chi connectivity index (χ4v) is 1.35. The highest BCUT2D eigenvalue weighted by molar-refractivity contribution is 5.44. The van der Waals surface area contributed by atoms with E-state index in [1.54, 1.807) is 6.20 Å². The second-order valence-electron chi connectivity index (χ2n) is 3.86. The number of nitrogens with two attached hydrogens (primary N) is 1. The molecule has 0 aliphatic carbocycles. The Labute approximate surface area is 80.2 Å². The van der Waals surface area contributed by atoms with E-state index in [2.05, 4.69) is 18.8 Å². The van der Waals surface area contributed by atoms with Gasteiger partial charge in [-0.3, -0.25) is 4.98 Å². The second kappa shape index (κ2) is 4.85. The van der Waals surface area contributed by atoms with E-state index in [0.29, 0.717) is 0 Å². The van der Waals surface area contributed by atoms with Crippen molar-refractivity contribution >= 4 is 5.69 Å². The monoisotopic (exact) mass is 178 g/mol. The summed E-state index contributed by atoms with van der Waals surface area (Å²) in [6.45, 7) is 4.49. The van der Waals surface area contributed by atoms with Gasteiger partial charge in [-0.2, -0.15) is 0 Å².